The normalized spacial score (nSPS) is 10.1. The number of thiophene rings is 1. The van der Waals surface area contributed by atoms with Crippen molar-refractivity contribution >= 4 is 29.0 Å². The molecule has 0 saturated heterocycles. The molecule has 1 aromatic rings. The summed E-state index contributed by atoms with van der Waals surface area (Å²) in [6.45, 7) is 0.364. The van der Waals surface area contributed by atoms with Crippen LogP contribution in [0.25, 0.3) is 16.5 Å². The number of nitrogens with zero attached hydrogens (tertiary/aromatic N) is 3. The quantitative estimate of drug-likeness (QED) is 0.405. The molecule has 1 aromatic heterocycles. The van der Waals surface area contributed by atoms with Crippen LogP contribution in [0, 0.1) is 0 Å². The molecule has 3 nitrogen and oxygen atoms in total. The summed E-state index contributed by atoms with van der Waals surface area (Å²) in [5.74, 6) is 0. The highest BCUT2D eigenvalue weighted by atomic mass is 35.5. The third-order valence-electron chi connectivity index (χ3n) is 1.19. The van der Waals surface area contributed by atoms with Gasteiger partial charge in [0, 0.05) is 17.0 Å². The van der Waals surface area contributed by atoms with Crippen LogP contribution in [-0.4, -0.2) is 6.54 Å². The highest BCUT2D eigenvalue weighted by Crippen LogP contribution is 2.23. The maximum absolute atomic E-state index is 7.98. The van der Waals surface area contributed by atoms with E-state index < -0.39 is 0 Å². The fourth-order valence-corrected chi connectivity index (χ4v) is 1.57. The third kappa shape index (κ3) is 2.58. The highest BCUT2D eigenvalue weighted by molar-refractivity contribution is 7.14. The molecule has 0 atom stereocenters. The first-order valence-electron chi connectivity index (χ1n) is 3.25. The Morgan fingerprint density at radius 2 is 2.58 bits per heavy atom. The molecule has 0 aromatic carbocycles. The molecule has 0 radical (unpaired) electrons. The Bertz CT molecular complexity index is 325. The van der Waals surface area contributed by atoms with Crippen LogP contribution in [0.1, 0.15) is 5.56 Å². The summed E-state index contributed by atoms with van der Waals surface area (Å²) in [5.41, 5.74) is 8.95. The molecule has 0 N–H and O–H groups in total. The number of hydrogen-bond donors (Lipinski definition) is 0. The number of azide groups is 1. The van der Waals surface area contributed by atoms with Gasteiger partial charge in [-0.15, -0.1) is 11.3 Å². The SMILES string of the molecule is [N-]=[N+]=NCC=Cc1ccsc1Cl. The standard InChI is InChI=1S/C7H6ClN3S/c8-7-6(3-5-12-7)2-1-4-10-11-9/h1-3,5H,4H2. The molecule has 0 aliphatic heterocycles. The van der Waals surface area contributed by atoms with E-state index in [-0.39, 0.29) is 0 Å². The molecule has 0 unspecified atom stereocenters. The molecule has 0 saturated carbocycles. The van der Waals surface area contributed by atoms with Gasteiger partial charge >= 0.3 is 0 Å². The average molecular weight is 200 g/mol. The maximum atomic E-state index is 7.98. The van der Waals surface area contributed by atoms with Crippen LogP contribution in [0.4, 0.5) is 0 Å². The Morgan fingerprint density at radius 1 is 1.75 bits per heavy atom. The van der Waals surface area contributed by atoms with Crippen LogP contribution in [0.2, 0.25) is 4.34 Å². The van der Waals surface area contributed by atoms with E-state index in [1.54, 1.807) is 6.08 Å². The van der Waals surface area contributed by atoms with Crippen LogP contribution in [0.5, 0.6) is 0 Å². The first-order valence-corrected chi connectivity index (χ1v) is 4.50. The van der Waals surface area contributed by atoms with E-state index in [4.69, 9.17) is 17.1 Å². The molecular formula is C7H6ClN3S. The molecule has 1 heterocycles. The largest absolute Gasteiger partial charge is 0.131 e. The van der Waals surface area contributed by atoms with Gasteiger partial charge in [0.1, 0.15) is 4.34 Å². The number of hydrogen-bond acceptors (Lipinski definition) is 2. The molecule has 0 fully saturated rings. The molecule has 5 heteroatoms. The second-order valence-electron chi connectivity index (χ2n) is 1.97. The van der Waals surface area contributed by atoms with Crippen molar-refractivity contribution in [3.05, 3.63) is 37.9 Å². The Hall–Kier alpha value is -0.960. The van der Waals surface area contributed by atoms with Crippen molar-refractivity contribution in [1.29, 1.82) is 0 Å². The fraction of sp³-hybridized carbons (Fsp3) is 0.143. The van der Waals surface area contributed by atoms with E-state index in [0.29, 0.717) is 6.54 Å². The molecule has 1 rings (SSSR count). The number of halogens is 1. The van der Waals surface area contributed by atoms with E-state index in [1.165, 1.54) is 11.3 Å². The minimum absolute atomic E-state index is 0.364. The van der Waals surface area contributed by atoms with E-state index in [0.717, 1.165) is 9.90 Å². The molecule has 0 spiro atoms. The van der Waals surface area contributed by atoms with Crippen LogP contribution >= 0.6 is 22.9 Å². The van der Waals surface area contributed by atoms with Crippen LogP contribution in [0.15, 0.2) is 22.6 Å². The lowest BCUT2D eigenvalue weighted by Gasteiger charge is -1.84. The minimum atomic E-state index is 0.364. The Balaban J connectivity index is 2.57. The second-order valence-corrected chi connectivity index (χ2v) is 3.48. The Kier molecular flexibility index (Phi) is 3.67. The van der Waals surface area contributed by atoms with Crippen molar-refractivity contribution in [3.8, 4) is 0 Å². The van der Waals surface area contributed by atoms with Gasteiger partial charge in [0.25, 0.3) is 0 Å². The van der Waals surface area contributed by atoms with Crippen LogP contribution in [0.3, 0.4) is 0 Å². The van der Waals surface area contributed by atoms with Gasteiger partial charge in [-0.05, 0) is 17.0 Å². The molecule has 0 bridgehead atoms. The molecule has 0 aliphatic carbocycles. The lowest BCUT2D eigenvalue weighted by atomic mass is 10.3. The van der Waals surface area contributed by atoms with Gasteiger partial charge in [0.05, 0.1) is 0 Å². The van der Waals surface area contributed by atoms with Crippen molar-refractivity contribution in [3.63, 3.8) is 0 Å². The molecule has 0 aliphatic rings. The van der Waals surface area contributed by atoms with E-state index in [1.807, 2.05) is 17.5 Å². The van der Waals surface area contributed by atoms with Gasteiger partial charge in [-0.2, -0.15) is 0 Å². The van der Waals surface area contributed by atoms with Crippen molar-refractivity contribution in [1.82, 2.24) is 0 Å². The lowest BCUT2D eigenvalue weighted by molar-refractivity contribution is 1.22. The average Bonchev–Trinajstić information content (AvgIpc) is 2.46. The molecule has 12 heavy (non-hydrogen) atoms. The van der Waals surface area contributed by atoms with E-state index >= 15 is 0 Å². The Morgan fingerprint density at radius 3 is 3.17 bits per heavy atom. The third-order valence-corrected chi connectivity index (χ3v) is 2.39. The van der Waals surface area contributed by atoms with Gasteiger partial charge in [0.15, 0.2) is 0 Å². The van der Waals surface area contributed by atoms with Crippen LogP contribution < -0.4 is 0 Å². The topological polar surface area (TPSA) is 48.8 Å². The summed E-state index contributed by atoms with van der Waals surface area (Å²) in [7, 11) is 0. The van der Waals surface area contributed by atoms with Crippen molar-refractivity contribution in [2.75, 3.05) is 6.54 Å². The predicted molar refractivity (Wildman–Crippen MR) is 52.4 cm³/mol. The molecule has 0 amide bonds. The Labute approximate surface area is 78.9 Å². The number of rotatable bonds is 3. The van der Waals surface area contributed by atoms with E-state index in [2.05, 4.69) is 10.0 Å². The summed E-state index contributed by atoms with van der Waals surface area (Å²) in [6.07, 6.45) is 3.61. The van der Waals surface area contributed by atoms with Gasteiger partial charge < -0.3 is 0 Å². The highest BCUT2D eigenvalue weighted by Gasteiger charge is 1.94. The van der Waals surface area contributed by atoms with E-state index in [9.17, 15) is 0 Å². The zero-order valence-corrected chi connectivity index (χ0v) is 7.72. The van der Waals surface area contributed by atoms with Gasteiger partial charge in [-0.1, -0.05) is 28.9 Å². The summed E-state index contributed by atoms with van der Waals surface area (Å²) >= 11 is 7.30. The summed E-state index contributed by atoms with van der Waals surface area (Å²) in [4.78, 5) is 2.62. The zero-order valence-electron chi connectivity index (χ0n) is 6.14. The predicted octanol–water partition coefficient (Wildman–Crippen LogP) is 3.73. The minimum Gasteiger partial charge on any atom is -0.131 e. The second kappa shape index (κ2) is 4.83. The van der Waals surface area contributed by atoms with Crippen molar-refractivity contribution < 1.29 is 0 Å². The van der Waals surface area contributed by atoms with Crippen LogP contribution in [-0.2, 0) is 0 Å². The van der Waals surface area contributed by atoms with Gasteiger partial charge in [0.2, 0.25) is 0 Å². The first kappa shape index (κ1) is 9.13. The zero-order chi connectivity index (χ0) is 8.81. The van der Waals surface area contributed by atoms with Gasteiger partial charge in [-0.25, -0.2) is 0 Å². The molecular weight excluding hydrogens is 194 g/mol. The summed E-state index contributed by atoms with van der Waals surface area (Å²) in [5, 5.41) is 5.27. The monoisotopic (exact) mass is 199 g/mol. The summed E-state index contributed by atoms with van der Waals surface area (Å²) < 4.78 is 0.757. The maximum Gasteiger partial charge on any atom is 0.100 e. The van der Waals surface area contributed by atoms with Gasteiger partial charge in [-0.3, -0.25) is 0 Å². The lowest BCUT2D eigenvalue weighted by Crippen LogP contribution is -1.67. The first-order chi connectivity index (χ1) is 5.84. The molecule has 62 valence electrons. The summed E-state index contributed by atoms with van der Waals surface area (Å²) in [6, 6.07) is 1.92. The van der Waals surface area contributed by atoms with Crippen molar-refractivity contribution in [2.24, 2.45) is 5.11 Å². The fourth-order valence-electron chi connectivity index (χ4n) is 0.685. The smallest absolute Gasteiger partial charge is 0.100 e. The van der Waals surface area contributed by atoms with Crippen molar-refractivity contribution in [2.45, 2.75) is 0 Å².